The predicted octanol–water partition coefficient (Wildman–Crippen LogP) is 3.02. The molecule has 0 aliphatic carbocycles. The molecule has 0 amide bonds. The Morgan fingerprint density at radius 1 is 1.27 bits per heavy atom. The van der Waals surface area contributed by atoms with Gasteiger partial charge in [0.15, 0.2) is 0 Å². The van der Waals surface area contributed by atoms with Crippen molar-refractivity contribution >= 4 is 23.2 Å². The Labute approximate surface area is 95.5 Å². The van der Waals surface area contributed by atoms with Crippen molar-refractivity contribution in [1.29, 1.82) is 0 Å². The molecule has 0 saturated heterocycles. The Bertz CT molecular complexity index is 491. The molecule has 0 bridgehead atoms. The van der Waals surface area contributed by atoms with E-state index in [2.05, 4.69) is 10.2 Å². The Morgan fingerprint density at radius 2 is 2.00 bits per heavy atom. The summed E-state index contributed by atoms with van der Waals surface area (Å²) < 4.78 is 14.4. The van der Waals surface area contributed by atoms with Crippen LogP contribution in [0.2, 0.25) is 10.3 Å². The summed E-state index contributed by atoms with van der Waals surface area (Å²) in [6.45, 7) is 1.73. The fourth-order valence-electron chi connectivity index (χ4n) is 1.27. The maximum absolute atomic E-state index is 12.8. The molecule has 0 unspecified atom stereocenters. The summed E-state index contributed by atoms with van der Waals surface area (Å²) in [6.07, 6.45) is 0. The minimum absolute atomic E-state index is 0.195. The lowest BCUT2D eigenvalue weighted by Crippen LogP contribution is -1.98. The number of nitrogens with zero attached hydrogens (tertiary/aromatic N) is 3. The summed E-state index contributed by atoms with van der Waals surface area (Å²) in [5, 5.41) is 7.93. The van der Waals surface area contributed by atoms with Gasteiger partial charge in [-0.15, -0.1) is 10.2 Å². The van der Waals surface area contributed by atoms with E-state index in [9.17, 15) is 4.39 Å². The molecule has 15 heavy (non-hydrogen) atoms. The second-order valence-electron chi connectivity index (χ2n) is 2.95. The molecule has 1 heterocycles. The van der Waals surface area contributed by atoms with Crippen LogP contribution < -0.4 is 0 Å². The molecule has 3 nitrogen and oxygen atoms in total. The van der Waals surface area contributed by atoms with Crippen LogP contribution in [0.1, 0.15) is 5.82 Å². The quantitative estimate of drug-likeness (QED) is 0.774. The van der Waals surface area contributed by atoms with Crippen molar-refractivity contribution in [2.24, 2.45) is 0 Å². The Kier molecular flexibility index (Phi) is 2.63. The zero-order valence-corrected chi connectivity index (χ0v) is 9.22. The normalized spacial score (nSPS) is 10.7. The van der Waals surface area contributed by atoms with Gasteiger partial charge < -0.3 is 0 Å². The number of hydrogen-bond acceptors (Lipinski definition) is 2. The molecule has 0 radical (unpaired) electrons. The third-order valence-corrected chi connectivity index (χ3v) is 2.48. The minimum Gasteiger partial charge on any atom is -0.268 e. The molecule has 0 fully saturated rings. The monoisotopic (exact) mass is 245 g/mol. The SMILES string of the molecule is Cc1nnc(Cl)n1-c1ccc(F)cc1Cl. The van der Waals surface area contributed by atoms with Gasteiger partial charge in [0.2, 0.25) is 5.28 Å². The van der Waals surface area contributed by atoms with Gasteiger partial charge >= 0.3 is 0 Å². The van der Waals surface area contributed by atoms with Crippen molar-refractivity contribution in [3.63, 3.8) is 0 Å². The molecule has 0 aliphatic heterocycles. The van der Waals surface area contributed by atoms with Gasteiger partial charge in [0, 0.05) is 0 Å². The van der Waals surface area contributed by atoms with E-state index in [0.29, 0.717) is 11.5 Å². The van der Waals surface area contributed by atoms with Crippen molar-refractivity contribution in [3.05, 3.63) is 40.1 Å². The van der Waals surface area contributed by atoms with E-state index in [4.69, 9.17) is 23.2 Å². The number of aryl methyl sites for hydroxylation is 1. The summed E-state index contributed by atoms with van der Waals surface area (Å²) in [5.74, 6) is 0.194. The van der Waals surface area contributed by atoms with Gasteiger partial charge in [0.1, 0.15) is 11.6 Å². The number of rotatable bonds is 1. The number of halogens is 3. The van der Waals surface area contributed by atoms with Crippen molar-refractivity contribution < 1.29 is 4.39 Å². The largest absolute Gasteiger partial charge is 0.268 e. The maximum atomic E-state index is 12.8. The Hall–Kier alpha value is -1.13. The Morgan fingerprint density at radius 3 is 2.53 bits per heavy atom. The average Bonchev–Trinajstić information content (AvgIpc) is 2.48. The first kappa shape index (κ1) is 10.4. The highest BCUT2D eigenvalue weighted by atomic mass is 35.5. The first-order valence-corrected chi connectivity index (χ1v) is 4.88. The highest BCUT2D eigenvalue weighted by Crippen LogP contribution is 2.25. The van der Waals surface area contributed by atoms with E-state index < -0.39 is 5.82 Å². The van der Waals surface area contributed by atoms with Gasteiger partial charge in [-0.3, -0.25) is 4.57 Å². The first-order valence-electron chi connectivity index (χ1n) is 4.12. The molecular formula is C9H6Cl2FN3. The molecule has 0 saturated carbocycles. The second kappa shape index (κ2) is 3.79. The second-order valence-corrected chi connectivity index (χ2v) is 3.69. The highest BCUT2D eigenvalue weighted by molar-refractivity contribution is 6.33. The van der Waals surface area contributed by atoms with Gasteiger partial charge in [0.25, 0.3) is 0 Å². The summed E-state index contributed by atoms with van der Waals surface area (Å²) in [7, 11) is 0. The highest BCUT2D eigenvalue weighted by Gasteiger charge is 2.11. The van der Waals surface area contributed by atoms with Crippen molar-refractivity contribution in [2.45, 2.75) is 6.92 Å². The van der Waals surface area contributed by atoms with Gasteiger partial charge in [-0.05, 0) is 36.7 Å². The average molecular weight is 246 g/mol. The third-order valence-electron chi connectivity index (χ3n) is 1.94. The lowest BCUT2D eigenvalue weighted by atomic mass is 10.3. The van der Waals surface area contributed by atoms with Crippen molar-refractivity contribution in [3.8, 4) is 5.69 Å². The Balaban J connectivity index is 2.64. The molecule has 1 aromatic carbocycles. The third kappa shape index (κ3) is 1.82. The summed E-state index contributed by atoms with van der Waals surface area (Å²) in [6, 6.07) is 4.05. The molecule has 2 aromatic rings. The molecule has 78 valence electrons. The molecule has 0 aliphatic rings. The van der Waals surface area contributed by atoms with Gasteiger partial charge in [-0.25, -0.2) is 4.39 Å². The van der Waals surface area contributed by atoms with E-state index in [0.717, 1.165) is 0 Å². The number of hydrogen-bond donors (Lipinski definition) is 0. The smallest absolute Gasteiger partial charge is 0.229 e. The molecule has 1 aromatic heterocycles. The van der Waals surface area contributed by atoms with Crippen LogP contribution in [-0.4, -0.2) is 14.8 Å². The van der Waals surface area contributed by atoms with Crippen LogP contribution >= 0.6 is 23.2 Å². The fraction of sp³-hybridized carbons (Fsp3) is 0.111. The molecular weight excluding hydrogens is 240 g/mol. The summed E-state index contributed by atoms with van der Waals surface area (Å²) in [5.41, 5.74) is 0.561. The molecule has 0 spiro atoms. The van der Waals surface area contributed by atoms with Crippen LogP contribution in [0.25, 0.3) is 5.69 Å². The van der Waals surface area contributed by atoms with Crippen molar-refractivity contribution in [2.75, 3.05) is 0 Å². The lowest BCUT2D eigenvalue weighted by molar-refractivity contribution is 0.627. The van der Waals surface area contributed by atoms with Crippen LogP contribution in [-0.2, 0) is 0 Å². The minimum atomic E-state index is -0.398. The zero-order valence-electron chi connectivity index (χ0n) is 7.71. The van der Waals surface area contributed by atoms with Crippen LogP contribution in [0, 0.1) is 12.7 Å². The number of aromatic nitrogens is 3. The van der Waals surface area contributed by atoms with E-state index in [1.54, 1.807) is 11.5 Å². The van der Waals surface area contributed by atoms with E-state index in [1.165, 1.54) is 18.2 Å². The molecule has 0 atom stereocenters. The zero-order chi connectivity index (χ0) is 11.0. The van der Waals surface area contributed by atoms with Gasteiger partial charge in [-0.2, -0.15) is 0 Å². The van der Waals surface area contributed by atoms with Crippen LogP contribution in [0.15, 0.2) is 18.2 Å². The van der Waals surface area contributed by atoms with Crippen LogP contribution in [0.3, 0.4) is 0 Å². The maximum Gasteiger partial charge on any atom is 0.229 e. The van der Waals surface area contributed by atoms with E-state index >= 15 is 0 Å². The summed E-state index contributed by atoms with van der Waals surface area (Å²) >= 11 is 11.7. The van der Waals surface area contributed by atoms with Gasteiger partial charge in [-0.1, -0.05) is 11.6 Å². The molecule has 6 heteroatoms. The van der Waals surface area contributed by atoms with Crippen LogP contribution in [0.5, 0.6) is 0 Å². The van der Waals surface area contributed by atoms with Crippen LogP contribution in [0.4, 0.5) is 4.39 Å². The topological polar surface area (TPSA) is 30.7 Å². The van der Waals surface area contributed by atoms with Gasteiger partial charge in [0.05, 0.1) is 10.7 Å². The standard InChI is InChI=1S/C9H6Cl2FN3/c1-5-13-14-9(11)15(5)8-3-2-6(12)4-7(8)10/h2-4H,1H3. The lowest BCUT2D eigenvalue weighted by Gasteiger charge is -2.07. The summed E-state index contributed by atoms with van der Waals surface area (Å²) in [4.78, 5) is 0. The van der Waals surface area contributed by atoms with Crippen molar-refractivity contribution in [1.82, 2.24) is 14.8 Å². The molecule has 2 rings (SSSR count). The van der Waals surface area contributed by atoms with E-state index in [1.807, 2.05) is 0 Å². The fourth-order valence-corrected chi connectivity index (χ4v) is 1.78. The first-order chi connectivity index (χ1) is 7.09. The molecule has 0 N–H and O–H groups in total. The number of benzene rings is 1. The van der Waals surface area contributed by atoms with E-state index in [-0.39, 0.29) is 10.3 Å². The predicted molar refractivity (Wildman–Crippen MR) is 56.1 cm³/mol.